The van der Waals surface area contributed by atoms with Crippen molar-refractivity contribution in [2.24, 2.45) is 0 Å². The largest absolute Gasteiger partial charge is 0.459 e. The molecule has 0 amide bonds. The number of rotatable bonds is 4. The van der Waals surface area contributed by atoms with Gasteiger partial charge in [-0.1, -0.05) is 18.2 Å². The summed E-state index contributed by atoms with van der Waals surface area (Å²) in [6, 6.07) is 12.8. The number of hydrogen-bond donors (Lipinski definition) is 1. The van der Waals surface area contributed by atoms with Crippen LogP contribution in [0.4, 0.5) is 0 Å². The van der Waals surface area contributed by atoms with Crippen molar-refractivity contribution in [1.82, 2.24) is 5.32 Å². The van der Waals surface area contributed by atoms with Crippen LogP contribution in [0.25, 0.3) is 11.0 Å². The molecule has 1 N–H and O–H groups in total. The minimum atomic E-state index is 0.213. The van der Waals surface area contributed by atoms with Crippen LogP contribution in [0.5, 0.6) is 0 Å². The van der Waals surface area contributed by atoms with Crippen molar-refractivity contribution < 1.29 is 4.42 Å². The molecule has 3 heteroatoms. The first-order valence-electron chi connectivity index (χ1n) is 6.92. The first kappa shape index (κ1) is 13.4. The van der Waals surface area contributed by atoms with E-state index in [0.29, 0.717) is 0 Å². The second kappa shape index (κ2) is 5.43. The predicted octanol–water partition coefficient (Wildman–Crippen LogP) is 4.96. The molecule has 1 atom stereocenters. The Bertz CT molecular complexity index is 726. The number of hydrogen-bond acceptors (Lipinski definition) is 3. The van der Waals surface area contributed by atoms with Crippen molar-refractivity contribution in [3.8, 4) is 0 Å². The van der Waals surface area contributed by atoms with Crippen LogP contribution in [0.15, 0.2) is 40.8 Å². The number of furan rings is 1. The third kappa shape index (κ3) is 2.51. The van der Waals surface area contributed by atoms with Gasteiger partial charge in [0.2, 0.25) is 0 Å². The van der Waals surface area contributed by atoms with Crippen molar-refractivity contribution in [2.75, 3.05) is 0 Å². The van der Waals surface area contributed by atoms with Gasteiger partial charge in [-0.15, -0.1) is 11.3 Å². The van der Waals surface area contributed by atoms with Gasteiger partial charge in [0.15, 0.2) is 0 Å². The summed E-state index contributed by atoms with van der Waals surface area (Å²) in [6.07, 6.45) is 0. The van der Waals surface area contributed by atoms with Crippen LogP contribution in [-0.2, 0) is 6.54 Å². The molecule has 0 saturated heterocycles. The van der Waals surface area contributed by atoms with Crippen LogP contribution in [-0.4, -0.2) is 0 Å². The summed E-state index contributed by atoms with van der Waals surface area (Å²) in [4.78, 5) is 2.72. The molecular formula is C17H19NOS. The first-order valence-corrected chi connectivity index (χ1v) is 7.73. The smallest absolute Gasteiger partial charge is 0.134 e. The average molecular weight is 285 g/mol. The third-order valence-electron chi connectivity index (χ3n) is 3.65. The molecule has 0 fully saturated rings. The highest BCUT2D eigenvalue weighted by molar-refractivity contribution is 7.11. The van der Waals surface area contributed by atoms with Gasteiger partial charge in [0.1, 0.15) is 11.3 Å². The summed E-state index contributed by atoms with van der Waals surface area (Å²) in [6.45, 7) is 7.32. The Morgan fingerprint density at radius 3 is 2.65 bits per heavy atom. The van der Waals surface area contributed by atoms with E-state index < -0.39 is 0 Å². The first-order chi connectivity index (χ1) is 9.65. The fraction of sp³-hybridized carbons (Fsp3) is 0.294. The lowest BCUT2D eigenvalue weighted by Crippen LogP contribution is -2.17. The fourth-order valence-electron chi connectivity index (χ4n) is 2.53. The summed E-state index contributed by atoms with van der Waals surface area (Å²) in [7, 11) is 0. The molecule has 0 aliphatic heterocycles. The van der Waals surface area contributed by atoms with Crippen LogP contribution in [0.1, 0.15) is 34.0 Å². The van der Waals surface area contributed by atoms with E-state index in [1.807, 2.05) is 23.5 Å². The van der Waals surface area contributed by atoms with E-state index in [0.717, 1.165) is 17.9 Å². The lowest BCUT2D eigenvalue weighted by atomic mass is 10.1. The Balaban J connectivity index is 1.78. The van der Waals surface area contributed by atoms with E-state index in [-0.39, 0.29) is 6.04 Å². The topological polar surface area (TPSA) is 25.2 Å². The molecule has 2 nitrogen and oxygen atoms in total. The van der Waals surface area contributed by atoms with Gasteiger partial charge >= 0.3 is 0 Å². The van der Waals surface area contributed by atoms with Crippen LogP contribution >= 0.6 is 11.3 Å². The van der Waals surface area contributed by atoms with Gasteiger partial charge in [0.25, 0.3) is 0 Å². The maximum Gasteiger partial charge on any atom is 0.134 e. The van der Waals surface area contributed by atoms with Gasteiger partial charge in [-0.3, -0.25) is 0 Å². The lowest BCUT2D eigenvalue weighted by Gasteiger charge is -2.11. The molecule has 104 valence electrons. The van der Waals surface area contributed by atoms with Gasteiger partial charge in [-0.05, 0) is 44.5 Å². The zero-order valence-electron chi connectivity index (χ0n) is 12.1. The van der Waals surface area contributed by atoms with Gasteiger partial charge in [0, 0.05) is 21.7 Å². The number of para-hydroxylation sites is 1. The van der Waals surface area contributed by atoms with Crippen LogP contribution < -0.4 is 5.32 Å². The van der Waals surface area contributed by atoms with Gasteiger partial charge < -0.3 is 9.73 Å². The molecule has 0 aliphatic rings. The summed E-state index contributed by atoms with van der Waals surface area (Å²) < 4.78 is 6.00. The van der Waals surface area contributed by atoms with Crippen molar-refractivity contribution in [3.05, 3.63) is 57.5 Å². The molecule has 3 aromatic rings. The zero-order chi connectivity index (χ0) is 14.1. The molecular weight excluding hydrogens is 266 g/mol. The van der Waals surface area contributed by atoms with Gasteiger partial charge in [0.05, 0.1) is 6.04 Å². The Morgan fingerprint density at radius 2 is 1.95 bits per heavy atom. The number of aryl methyl sites for hydroxylation is 2. The van der Waals surface area contributed by atoms with E-state index >= 15 is 0 Å². The highest BCUT2D eigenvalue weighted by Crippen LogP contribution is 2.29. The highest BCUT2D eigenvalue weighted by Gasteiger charge is 2.16. The molecule has 1 unspecified atom stereocenters. The third-order valence-corrected chi connectivity index (χ3v) is 4.65. The van der Waals surface area contributed by atoms with Crippen molar-refractivity contribution in [3.63, 3.8) is 0 Å². The molecule has 2 heterocycles. The molecule has 20 heavy (non-hydrogen) atoms. The summed E-state index contributed by atoms with van der Waals surface area (Å²) in [5.74, 6) is 1.04. The average Bonchev–Trinajstić information content (AvgIpc) is 3.01. The molecule has 0 saturated carbocycles. The molecule has 0 bridgehead atoms. The minimum Gasteiger partial charge on any atom is -0.459 e. The molecule has 3 rings (SSSR count). The van der Waals surface area contributed by atoms with E-state index in [9.17, 15) is 0 Å². The highest BCUT2D eigenvalue weighted by atomic mass is 32.1. The zero-order valence-corrected chi connectivity index (χ0v) is 12.9. The number of thiophene rings is 1. The fourth-order valence-corrected chi connectivity index (χ4v) is 3.37. The summed E-state index contributed by atoms with van der Waals surface area (Å²) in [5, 5.41) is 4.76. The number of fused-ring (bicyclic) bond motifs is 1. The second-order valence-corrected chi connectivity index (χ2v) is 6.57. The summed E-state index contributed by atoms with van der Waals surface area (Å²) in [5.41, 5.74) is 2.21. The van der Waals surface area contributed by atoms with Crippen LogP contribution in [0.2, 0.25) is 0 Å². The Labute approximate surface area is 123 Å². The van der Waals surface area contributed by atoms with E-state index in [2.05, 4.69) is 50.4 Å². The quantitative estimate of drug-likeness (QED) is 0.732. The molecule has 1 aromatic carbocycles. The van der Waals surface area contributed by atoms with Gasteiger partial charge in [-0.2, -0.15) is 0 Å². The Hall–Kier alpha value is -1.58. The normalized spacial score (nSPS) is 12.9. The monoisotopic (exact) mass is 285 g/mol. The van der Waals surface area contributed by atoms with Crippen LogP contribution in [0, 0.1) is 13.8 Å². The second-order valence-electron chi connectivity index (χ2n) is 5.20. The SMILES string of the molecule is Cc1ccc(CNC(C)c2oc3ccccc3c2C)s1. The maximum atomic E-state index is 6.00. The lowest BCUT2D eigenvalue weighted by molar-refractivity contribution is 0.449. The summed E-state index contributed by atoms with van der Waals surface area (Å²) >= 11 is 1.84. The van der Waals surface area contributed by atoms with Crippen molar-refractivity contribution in [1.29, 1.82) is 0 Å². The predicted molar refractivity (Wildman–Crippen MR) is 85.3 cm³/mol. The van der Waals surface area contributed by atoms with Crippen molar-refractivity contribution in [2.45, 2.75) is 33.4 Å². The van der Waals surface area contributed by atoms with E-state index in [1.165, 1.54) is 20.7 Å². The van der Waals surface area contributed by atoms with Crippen LogP contribution in [0.3, 0.4) is 0 Å². The molecule has 0 spiro atoms. The van der Waals surface area contributed by atoms with Gasteiger partial charge in [-0.25, -0.2) is 0 Å². The minimum absolute atomic E-state index is 0.213. The Morgan fingerprint density at radius 1 is 1.15 bits per heavy atom. The van der Waals surface area contributed by atoms with E-state index in [1.54, 1.807) is 0 Å². The standard InChI is InChI=1S/C17H19NOS/c1-11-8-9-14(20-11)10-18-13(3)17-12(2)15-6-4-5-7-16(15)19-17/h4-9,13,18H,10H2,1-3H3. The molecule has 0 radical (unpaired) electrons. The Kier molecular flexibility index (Phi) is 3.64. The maximum absolute atomic E-state index is 6.00. The molecule has 0 aliphatic carbocycles. The number of benzene rings is 1. The van der Waals surface area contributed by atoms with Crippen molar-refractivity contribution >= 4 is 22.3 Å². The number of nitrogens with one attached hydrogen (secondary N) is 1. The van der Waals surface area contributed by atoms with E-state index in [4.69, 9.17) is 4.42 Å². The molecule has 2 aromatic heterocycles.